The van der Waals surface area contributed by atoms with Gasteiger partial charge in [-0.25, -0.2) is 14.6 Å². The van der Waals surface area contributed by atoms with Crippen molar-refractivity contribution in [2.75, 3.05) is 13.7 Å². The number of hydrogen-bond donors (Lipinski definition) is 2. The third kappa shape index (κ3) is 2.14. The summed E-state index contributed by atoms with van der Waals surface area (Å²) in [6.07, 6.45) is -0.0339. The Kier molecular flexibility index (Phi) is 3.75. The molecule has 1 aliphatic heterocycles. The van der Waals surface area contributed by atoms with Crippen molar-refractivity contribution in [3.8, 4) is 5.88 Å². The van der Waals surface area contributed by atoms with Gasteiger partial charge in [0.05, 0.1) is 19.8 Å². The van der Waals surface area contributed by atoms with Crippen LogP contribution in [0.3, 0.4) is 0 Å². The van der Waals surface area contributed by atoms with Crippen molar-refractivity contribution in [1.29, 1.82) is 0 Å². The van der Waals surface area contributed by atoms with Gasteiger partial charge in [-0.2, -0.15) is 5.10 Å². The summed E-state index contributed by atoms with van der Waals surface area (Å²) in [7, 11) is 1.53. The van der Waals surface area contributed by atoms with Gasteiger partial charge in [0.1, 0.15) is 21.5 Å². The van der Waals surface area contributed by atoms with Crippen LogP contribution in [0.4, 0.5) is 0 Å². The zero-order valence-corrected chi connectivity index (χ0v) is 12.8. The van der Waals surface area contributed by atoms with Crippen LogP contribution in [0, 0.1) is 3.70 Å². The van der Waals surface area contributed by atoms with E-state index in [9.17, 15) is 5.11 Å². The molecule has 2 aromatic heterocycles. The third-order valence-electron chi connectivity index (χ3n) is 3.26. The van der Waals surface area contributed by atoms with Crippen LogP contribution in [-0.4, -0.2) is 55.9 Å². The molecule has 0 amide bonds. The van der Waals surface area contributed by atoms with E-state index in [1.54, 1.807) is 4.68 Å². The van der Waals surface area contributed by atoms with Crippen LogP contribution < -0.4 is 4.74 Å². The van der Waals surface area contributed by atoms with Gasteiger partial charge < -0.3 is 19.7 Å². The molecule has 9 heteroatoms. The number of aliphatic hydroxyl groups excluding tert-OH is 2. The van der Waals surface area contributed by atoms with Crippen LogP contribution in [0.1, 0.15) is 12.6 Å². The van der Waals surface area contributed by atoms with E-state index in [-0.39, 0.29) is 6.61 Å². The van der Waals surface area contributed by atoms with E-state index in [2.05, 4.69) is 37.7 Å². The number of aliphatic hydroxyl groups is 2. The zero-order valence-electron chi connectivity index (χ0n) is 10.6. The first-order chi connectivity index (χ1) is 9.65. The average molecular weight is 392 g/mol. The highest BCUT2D eigenvalue weighted by Gasteiger charge is 2.36. The van der Waals surface area contributed by atoms with Gasteiger partial charge in [-0.1, -0.05) is 0 Å². The molecule has 0 spiro atoms. The molecule has 2 aromatic rings. The molecule has 0 bridgehead atoms. The second kappa shape index (κ2) is 5.39. The summed E-state index contributed by atoms with van der Waals surface area (Å²) in [4.78, 5) is 8.26. The van der Waals surface area contributed by atoms with Gasteiger partial charge in [0.15, 0.2) is 11.9 Å². The number of nitrogens with zero attached hydrogens (tertiary/aromatic N) is 4. The van der Waals surface area contributed by atoms with E-state index in [4.69, 9.17) is 14.6 Å². The Morgan fingerprint density at radius 3 is 3.00 bits per heavy atom. The van der Waals surface area contributed by atoms with E-state index < -0.39 is 18.4 Å². The minimum atomic E-state index is -0.717. The number of methoxy groups -OCH3 is 1. The van der Waals surface area contributed by atoms with Crippen molar-refractivity contribution in [3.63, 3.8) is 0 Å². The van der Waals surface area contributed by atoms with Gasteiger partial charge in [-0.3, -0.25) is 0 Å². The predicted octanol–water partition coefficient (Wildman–Crippen LogP) is 0.0802. The molecule has 108 valence electrons. The predicted molar refractivity (Wildman–Crippen MR) is 76.2 cm³/mol. The van der Waals surface area contributed by atoms with Crippen LogP contribution in [-0.2, 0) is 4.74 Å². The monoisotopic (exact) mass is 392 g/mol. The van der Waals surface area contributed by atoms with Gasteiger partial charge in [0.2, 0.25) is 5.88 Å². The lowest BCUT2D eigenvalue weighted by atomic mass is 10.2. The SMILES string of the molecule is COc1ncnc2c1c(I)nn2[C@H]1CC(O)[C@@H](CO)O1. The van der Waals surface area contributed by atoms with Crippen LogP contribution in [0.5, 0.6) is 5.88 Å². The van der Waals surface area contributed by atoms with Crippen molar-refractivity contribution < 1.29 is 19.7 Å². The fourth-order valence-electron chi connectivity index (χ4n) is 2.29. The Labute approximate surface area is 127 Å². The van der Waals surface area contributed by atoms with Crippen molar-refractivity contribution in [2.24, 2.45) is 0 Å². The Morgan fingerprint density at radius 1 is 1.55 bits per heavy atom. The summed E-state index contributed by atoms with van der Waals surface area (Å²) >= 11 is 2.07. The minimum absolute atomic E-state index is 0.230. The summed E-state index contributed by atoms with van der Waals surface area (Å²) in [6.45, 7) is -0.230. The fraction of sp³-hybridized carbons (Fsp3) is 0.545. The smallest absolute Gasteiger partial charge is 0.228 e. The number of rotatable bonds is 3. The van der Waals surface area contributed by atoms with Gasteiger partial charge in [-0.15, -0.1) is 0 Å². The lowest BCUT2D eigenvalue weighted by Gasteiger charge is -2.12. The topological polar surface area (TPSA) is 103 Å². The normalized spacial score (nSPS) is 26.3. The van der Waals surface area contributed by atoms with Gasteiger partial charge in [-0.05, 0) is 22.6 Å². The van der Waals surface area contributed by atoms with Crippen molar-refractivity contribution in [3.05, 3.63) is 10.0 Å². The largest absolute Gasteiger partial charge is 0.480 e. The lowest BCUT2D eigenvalue weighted by molar-refractivity contribution is -0.0471. The maximum atomic E-state index is 9.81. The number of halogens is 1. The summed E-state index contributed by atoms with van der Waals surface area (Å²) in [5, 5.41) is 24.1. The molecule has 3 atom stereocenters. The van der Waals surface area contributed by atoms with E-state index in [0.29, 0.717) is 27.0 Å². The molecule has 0 radical (unpaired) electrons. The molecule has 2 N–H and O–H groups in total. The highest BCUT2D eigenvalue weighted by Crippen LogP contribution is 2.33. The Balaban J connectivity index is 2.05. The Morgan fingerprint density at radius 2 is 2.35 bits per heavy atom. The summed E-state index contributed by atoms with van der Waals surface area (Å²) < 4.78 is 13.1. The molecule has 0 saturated carbocycles. The molecular formula is C11H13IN4O4. The molecule has 3 heterocycles. The van der Waals surface area contributed by atoms with Crippen LogP contribution in [0.25, 0.3) is 11.0 Å². The highest BCUT2D eigenvalue weighted by molar-refractivity contribution is 14.1. The molecule has 20 heavy (non-hydrogen) atoms. The van der Waals surface area contributed by atoms with Crippen LogP contribution >= 0.6 is 22.6 Å². The Bertz CT molecular complexity index is 634. The summed E-state index contributed by atoms with van der Waals surface area (Å²) in [5.41, 5.74) is 0.581. The highest BCUT2D eigenvalue weighted by atomic mass is 127. The van der Waals surface area contributed by atoms with E-state index in [1.165, 1.54) is 13.4 Å². The van der Waals surface area contributed by atoms with Crippen LogP contribution in [0.2, 0.25) is 0 Å². The molecule has 0 aliphatic carbocycles. The van der Waals surface area contributed by atoms with Gasteiger partial charge in [0, 0.05) is 6.42 Å². The van der Waals surface area contributed by atoms with E-state index >= 15 is 0 Å². The molecule has 1 aliphatic rings. The number of fused-ring (bicyclic) bond motifs is 1. The first-order valence-electron chi connectivity index (χ1n) is 6.02. The van der Waals surface area contributed by atoms with Gasteiger partial charge >= 0.3 is 0 Å². The lowest BCUT2D eigenvalue weighted by Crippen LogP contribution is -2.24. The van der Waals surface area contributed by atoms with Crippen molar-refractivity contribution in [1.82, 2.24) is 19.7 Å². The van der Waals surface area contributed by atoms with Crippen LogP contribution in [0.15, 0.2) is 6.33 Å². The first-order valence-corrected chi connectivity index (χ1v) is 7.10. The molecule has 3 rings (SSSR count). The first kappa shape index (κ1) is 13.9. The molecule has 8 nitrogen and oxygen atoms in total. The molecule has 1 fully saturated rings. The quantitative estimate of drug-likeness (QED) is 0.714. The van der Waals surface area contributed by atoms with Crippen molar-refractivity contribution in [2.45, 2.75) is 24.9 Å². The fourth-order valence-corrected chi connectivity index (χ4v) is 3.00. The molecule has 1 unspecified atom stereocenters. The van der Waals surface area contributed by atoms with Crippen molar-refractivity contribution >= 4 is 33.6 Å². The number of aromatic nitrogens is 4. The van der Waals surface area contributed by atoms with E-state index in [1.807, 2.05) is 0 Å². The second-order valence-electron chi connectivity index (χ2n) is 4.43. The molecule has 1 saturated heterocycles. The Hall–Kier alpha value is -1.04. The number of ether oxygens (including phenoxy) is 2. The average Bonchev–Trinajstić information content (AvgIpc) is 2.99. The second-order valence-corrected chi connectivity index (χ2v) is 5.45. The number of hydrogen-bond acceptors (Lipinski definition) is 7. The standard InChI is InChI=1S/C11H13IN4O4/c1-19-11-8-9(12)15-16(10(8)13-4-14-11)7-2-5(18)6(3-17)20-7/h4-7,17-18H,2-3H2,1H3/t5?,6-,7-/m1/s1. The minimum Gasteiger partial charge on any atom is -0.480 e. The summed E-state index contributed by atoms with van der Waals surface area (Å²) in [6, 6.07) is 0. The summed E-state index contributed by atoms with van der Waals surface area (Å²) in [5.74, 6) is 0.447. The van der Waals surface area contributed by atoms with E-state index in [0.717, 1.165) is 0 Å². The third-order valence-corrected chi connectivity index (χ3v) is 4.02. The molecule has 0 aromatic carbocycles. The maximum Gasteiger partial charge on any atom is 0.228 e. The maximum absolute atomic E-state index is 9.81. The van der Waals surface area contributed by atoms with Gasteiger partial charge in [0.25, 0.3) is 0 Å². The zero-order chi connectivity index (χ0) is 14.3. The molecular weight excluding hydrogens is 379 g/mol.